The number of hydrogen-bond donors (Lipinski definition) is 3. The van der Waals surface area contributed by atoms with Gasteiger partial charge < -0.3 is 16.0 Å². The van der Waals surface area contributed by atoms with E-state index in [-0.39, 0.29) is 11.8 Å². The minimum absolute atomic E-state index is 0.00720. The van der Waals surface area contributed by atoms with Crippen LogP contribution in [0.25, 0.3) is 0 Å². The number of carbonyl (C=O) groups excluding carboxylic acids is 2. The highest BCUT2D eigenvalue weighted by Crippen LogP contribution is 2.13. The summed E-state index contributed by atoms with van der Waals surface area (Å²) in [6.07, 6.45) is 1.30. The summed E-state index contributed by atoms with van der Waals surface area (Å²) in [5.41, 5.74) is -0.562. The monoisotopic (exact) mass is 229 g/mol. The maximum absolute atomic E-state index is 11.4. The summed E-state index contributed by atoms with van der Waals surface area (Å²) in [6.45, 7) is 4.80. The van der Waals surface area contributed by atoms with Gasteiger partial charge in [-0.25, -0.2) is 0 Å². The molecule has 0 unspecified atom stereocenters. The van der Waals surface area contributed by atoms with Crippen LogP contribution in [0, 0.1) is 5.41 Å². The van der Waals surface area contributed by atoms with Crippen LogP contribution in [0.1, 0.15) is 26.7 Å². The highest BCUT2D eigenvalue weighted by molar-refractivity contribution is 5.83. The predicted octanol–water partition coefficient (Wildman–Crippen LogP) is -0.126. The number of carbonyl (C=O) groups is 2. The molecule has 0 aromatic carbocycles. The van der Waals surface area contributed by atoms with Gasteiger partial charge in [-0.15, -0.1) is 0 Å². The van der Waals surface area contributed by atoms with E-state index in [4.69, 9.17) is 0 Å². The van der Waals surface area contributed by atoms with Crippen LogP contribution in [-0.4, -0.2) is 39.0 Å². The summed E-state index contributed by atoms with van der Waals surface area (Å²) in [5.74, 6) is -0.0738. The molecule has 0 aromatic heterocycles. The fraction of sp³-hybridized carbons (Fsp3) is 0.818. The van der Waals surface area contributed by atoms with Gasteiger partial charge in [-0.3, -0.25) is 9.59 Å². The van der Waals surface area contributed by atoms with Crippen molar-refractivity contribution < 1.29 is 9.59 Å². The second kappa shape index (κ2) is 7.22. The van der Waals surface area contributed by atoms with E-state index in [0.717, 1.165) is 13.0 Å². The van der Waals surface area contributed by atoms with E-state index in [9.17, 15) is 9.59 Å². The molecule has 94 valence electrons. The van der Waals surface area contributed by atoms with E-state index in [2.05, 4.69) is 16.0 Å². The van der Waals surface area contributed by atoms with Gasteiger partial charge in [0.15, 0.2) is 0 Å². The lowest BCUT2D eigenvalue weighted by molar-refractivity contribution is -0.129. The standard InChI is InChI=1S/C11H23N3O2/c1-11(2,10(16)13-4)8-14-9(15)6-5-7-12-3/h12H,5-8H2,1-4H3,(H,13,16)(H,14,15). The van der Waals surface area contributed by atoms with Crippen LogP contribution < -0.4 is 16.0 Å². The zero-order chi connectivity index (χ0) is 12.6. The molecule has 0 rings (SSSR count). The minimum atomic E-state index is -0.562. The molecule has 2 amide bonds. The Balaban J connectivity index is 3.86. The molecule has 0 saturated carbocycles. The SMILES string of the molecule is CNCCCC(=O)NCC(C)(C)C(=O)NC. The van der Waals surface area contributed by atoms with Crippen molar-refractivity contribution in [1.29, 1.82) is 0 Å². The van der Waals surface area contributed by atoms with Crippen molar-refractivity contribution in [3.05, 3.63) is 0 Å². The third-order valence-electron chi connectivity index (χ3n) is 2.40. The van der Waals surface area contributed by atoms with Crippen molar-refractivity contribution in [2.24, 2.45) is 5.41 Å². The molecule has 0 spiro atoms. The van der Waals surface area contributed by atoms with Crippen molar-refractivity contribution in [3.8, 4) is 0 Å². The molecule has 0 bridgehead atoms. The van der Waals surface area contributed by atoms with E-state index >= 15 is 0 Å². The van der Waals surface area contributed by atoms with Gasteiger partial charge >= 0.3 is 0 Å². The van der Waals surface area contributed by atoms with Crippen molar-refractivity contribution in [2.75, 3.05) is 27.2 Å². The lowest BCUT2D eigenvalue weighted by Crippen LogP contribution is -2.43. The first-order valence-electron chi connectivity index (χ1n) is 5.57. The van der Waals surface area contributed by atoms with Gasteiger partial charge in [-0.2, -0.15) is 0 Å². The van der Waals surface area contributed by atoms with Crippen LogP contribution >= 0.6 is 0 Å². The molecule has 0 aromatic rings. The molecule has 0 fully saturated rings. The molecule has 5 nitrogen and oxygen atoms in total. The van der Waals surface area contributed by atoms with E-state index in [1.807, 2.05) is 7.05 Å². The Morgan fingerprint density at radius 3 is 2.31 bits per heavy atom. The molecule has 0 heterocycles. The van der Waals surface area contributed by atoms with Crippen molar-refractivity contribution in [2.45, 2.75) is 26.7 Å². The van der Waals surface area contributed by atoms with Crippen molar-refractivity contribution >= 4 is 11.8 Å². The number of rotatable bonds is 7. The summed E-state index contributed by atoms with van der Waals surface area (Å²) in [7, 11) is 3.45. The lowest BCUT2D eigenvalue weighted by Gasteiger charge is -2.22. The van der Waals surface area contributed by atoms with Crippen LogP contribution in [0.15, 0.2) is 0 Å². The molecule has 0 saturated heterocycles. The smallest absolute Gasteiger partial charge is 0.227 e. The summed E-state index contributed by atoms with van der Waals surface area (Å²) in [5, 5.41) is 8.33. The molecule has 0 aliphatic heterocycles. The fourth-order valence-electron chi connectivity index (χ4n) is 1.25. The van der Waals surface area contributed by atoms with Crippen molar-refractivity contribution in [1.82, 2.24) is 16.0 Å². The average Bonchev–Trinajstić information content (AvgIpc) is 2.25. The number of hydrogen-bond acceptors (Lipinski definition) is 3. The molecule has 5 heteroatoms. The fourth-order valence-corrected chi connectivity index (χ4v) is 1.25. The van der Waals surface area contributed by atoms with Crippen LogP contribution in [0.3, 0.4) is 0 Å². The molecule has 0 aliphatic rings. The van der Waals surface area contributed by atoms with Gasteiger partial charge in [0.1, 0.15) is 0 Å². The second-order valence-electron chi connectivity index (χ2n) is 4.45. The third kappa shape index (κ3) is 5.70. The van der Waals surface area contributed by atoms with Crippen LogP contribution in [-0.2, 0) is 9.59 Å². The largest absolute Gasteiger partial charge is 0.359 e. The first-order chi connectivity index (χ1) is 7.44. The molecular formula is C11H23N3O2. The zero-order valence-electron chi connectivity index (χ0n) is 10.6. The Kier molecular flexibility index (Phi) is 6.72. The van der Waals surface area contributed by atoms with Crippen LogP contribution in [0.5, 0.6) is 0 Å². The Bertz CT molecular complexity index is 239. The van der Waals surface area contributed by atoms with E-state index in [1.54, 1.807) is 20.9 Å². The van der Waals surface area contributed by atoms with Crippen molar-refractivity contribution in [3.63, 3.8) is 0 Å². The maximum Gasteiger partial charge on any atom is 0.227 e. The lowest BCUT2D eigenvalue weighted by atomic mass is 9.92. The number of amides is 2. The Morgan fingerprint density at radius 2 is 1.81 bits per heavy atom. The first kappa shape index (κ1) is 14.9. The Labute approximate surface area is 97.4 Å². The molecule has 16 heavy (non-hydrogen) atoms. The van der Waals surface area contributed by atoms with E-state index < -0.39 is 5.41 Å². The highest BCUT2D eigenvalue weighted by Gasteiger charge is 2.26. The van der Waals surface area contributed by atoms with Gasteiger partial charge in [0.05, 0.1) is 5.41 Å². The van der Waals surface area contributed by atoms with Gasteiger partial charge in [-0.05, 0) is 33.9 Å². The minimum Gasteiger partial charge on any atom is -0.359 e. The maximum atomic E-state index is 11.4. The average molecular weight is 229 g/mol. The van der Waals surface area contributed by atoms with Crippen LogP contribution in [0.2, 0.25) is 0 Å². The molecule has 0 atom stereocenters. The summed E-state index contributed by atoms with van der Waals surface area (Å²) < 4.78 is 0. The Hall–Kier alpha value is -1.10. The van der Waals surface area contributed by atoms with Gasteiger partial charge in [-0.1, -0.05) is 0 Å². The topological polar surface area (TPSA) is 70.2 Å². The Morgan fingerprint density at radius 1 is 1.19 bits per heavy atom. The normalized spacial score (nSPS) is 11.0. The quantitative estimate of drug-likeness (QED) is 0.533. The highest BCUT2D eigenvalue weighted by atomic mass is 16.2. The third-order valence-corrected chi connectivity index (χ3v) is 2.40. The summed E-state index contributed by atoms with van der Waals surface area (Å²) in [4.78, 5) is 22.8. The second-order valence-corrected chi connectivity index (χ2v) is 4.45. The van der Waals surface area contributed by atoms with Gasteiger partial charge in [0.2, 0.25) is 11.8 Å². The first-order valence-corrected chi connectivity index (χ1v) is 5.57. The summed E-state index contributed by atoms with van der Waals surface area (Å²) in [6, 6.07) is 0. The number of nitrogens with one attached hydrogen (secondary N) is 3. The molecule has 0 aliphatic carbocycles. The molecule has 0 radical (unpaired) electrons. The van der Waals surface area contributed by atoms with Crippen LogP contribution in [0.4, 0.5) is 0 Å². The summed E-state index contributed by atoms with van der Waals surface area (Å²) >= 11 is 0. The molecular weight excluding hydrogens is 206 g/mol. The van der Waals surface area contributed by atoms with E-state index in [0.29, 0.717) is 13.0 Å². The van der Waals surface area contributed by atoms with E-state index in [1.165, 1.54) is 0 Å². The predicted molar refractivity (Wildman–Crippen MR) is 64.0 cm³/mol. The van der Waals surface area contributed by atoms with Gasteiger partial charge in [0.25, 0.3) is 0 Å². The van der Waals surface area contributed by atoms with Gasteiger partial charge in [0, 0.05) is 20.0 Å². The zero-order valence-corrected chi connectivity index (χ0v) is 10.6. The molecule has 3 N–H and O–H groups in total.